The highest BCUT2D eigenvalue weighted by molar-refractivity contribution is 5.09. The summed E-state index contributed by atoms with van der Waals surface area (Å²) in [6, 6.07) is -0.0129. The second-order valence-corrected chi connectivity index (χ2v) is 3.55. The van der Waals surface area contributed by atoms with Crippen LogP contribution >= 0.6 is 0 Å². The molecule has 0 aliphatic carbocycles. The maximum Gasteiger partial charge on any atom is 0.180 e. The van der Waals surface area contributed by atoms with Gasteiger partial charge in [-0.15, -0.1) is 4.91 Å². The highest BCUT2D eigenvalue weighted by atomic mass is 16.5. The van der Waals surface area contributed by atoms with Crippen LogP contribution in [0.1, 0.15) is 20.3 Å². The van der Waals surface area contributed by atoms with Crippen LogP contribution in [-0.4, -0.2) is 36.2 Å². The van der Waals surface area contributed by atoms with E-state index in [0.29, 0.717) is 19.8 Å². The lowest BCUT2D eigenvalue weighted by atomic mass is 9.93. The third-order valence-electron chi connectivity index (χ3n) is 2.70. The molecule has 1 unspecified atom stereocenters. The number of ether oxygens (including phenoxy) is 1. The molecule has 6 nitrogen and oxygen atoms in total. The molecule has 1 spiro atoms. The van der Waals surface area contributed by atoms with Crippen molar-refractivity contribution in [2.24, 2.45) is 5.29 Å². The average molecular weight is 212 g/mol. The van der Waals surface area contributed by atoms with E-state index in [-0.39, 0.29) is 11.6 Å². The molecule has 0 bridgehead atoms. The lowest BCUT2D eigenvalue weighted by molar-refractivity contribution is -0.105. The van der Waals surface area contributed by atoms with Crippen molar-refractivity contribution < 1.29 is 4.74 Å². The lowest BCUT2D eigenvalue weighted by Gasteiger charge is -2.42. The Hall–Kier alpha value is -1.35. The molecule has 0 saturated carbocycles. The van der Waals surface area contributed by atoms with Crippen LogP contribution in [0.25, 0.3) is 0 Å². The summed E-state index contributed by atoms with van der Waals surface area (Å²) in [6.45, 7) is 5.71. The molecule has 2 fully saturated rings. The van der Waals surface area contributed by atoms with Gasteiger partial charge < -0.3 is 4.74 Å². The quantitative estimate of drug-likeness (QED) is 0.412. The van der Waals surface area contributed by atoms with Crippen LogP contribution in [-0.2, 0) is 4.74 Å². The summed E-state index contributed by atoms with van der Waals surface area (Å²) < 4.78 is 5.09. The number of hydrogen-bond donors (Lipinski definition) is 1. The fourth-order valence-electron chi connectivity index (χ4n) is 1.97. The third-order valence-corrected chi connectivity index (χ3v) is 2.70. The van der Waals surface area contributed by atoms with Gasteiger partial charge in [0.05, 0.1) is 31.3 Å². The van der Waals surface area contributed by atoms with Gasteiger partial charge in [-0.25, -0.2) is 0 Å². The Morgan fingerprint density at radius 3 is 2.60 bits per heavy atom. The Labute approximate surface area is 89.1 Å². The first-order valence-electron chi connectivity index (χ1n) is 5.14. The molecule has 2 saturated heterocycles. The number of nitrogens with zero attached hydrogens (tertiary/aromatic N) is 3. The van der Waals surface area contributed by atoms with Gasteiger partial charge in [0.2, 0.25) is 0 Å². The zero-order chi connectivity index (χ0) is 11.3. The molecule has 0 radical (unpaired) electrons. The van der Waals surface area contributed by atoms with E-state index in [4.69, 9.17) is 10.00 Å². The average Bonchev–Trinajstić information content (AvgIpc) is 2.60. The molecule has 2 rings (SSSR count). The summed E-state index contributed by atoms with van der Waals surface area (Å²) in [4.78, 5) is 11.7. The van der Waals surface area contributed by atoms with E-state index in [1.54, 1.807) is 4.90 Å². The normalized spacial score (nSPS) is 25.9. The monoisotopic (exact) mass is 212 g/mol. The fraction of sp³-hybridized carbons (Fsp3) is 0.889. The van der Waals surface area contributed by atoms with Gasteiger partial charge in [0, 0.05) is 5.29 Å². The van der Waals surface area contributed by atoms with E-state index < -0.39 is 0 Å². The lowest BCUT2D eigenvalue weighted by Crippen LogP contribution is -2.57. The molecule has 1 atom stereocenters. The Morgan fingerprint density at radius 1 is 1.60 bits per heavy atom. The number of nitroso groups, excluding NO2 is 1. The van der Waals surface area contributed by atoms with Gasteiger partial charge >= 0.3 is 0 Å². The van der Waals surface area contributed by atoms with Crippen molar-refractivity contribution >= 4 is 0 Å². The smallest absolute Gasteiger partial charge is 0.180 e. The highest BCUT2D eigenvalue weighted by Crippen LogP contribution is 2.35. The van der Waals surface area contributed by atoms with Crippen molar-refractivity contribution in [2.45, 2.75) is 31.8 Å². The predicted molar refractivity (Wildman–Crippen MR) is 54.6 cm³/mol. The largest absolute Gasteiger partial charge is 0.376 e. The van der Waals surface area contributed by atoms with Gasteiger partial charge in [-0.1, -0.05) is 13.8 Å². The zero-order valence-corrected chi connectivity index (χ0v) is 9.06. The SMILES string of the molecule is CC.N#CN1CC(NN=O)CC12COC2. The molecule has 15 heavy (non-hydrogen) atoms. The van der Waals surface area contributed by atoms with E-state index in [9.17, 15) is 4.91 Å². The van der Waals surface area contributed by atoms with Gasteiger partial charge in [0.25, 0.3) is 0 Å². The van der Waals surface area contributed by atoms with E-state index in [1.807, 2.05) is 13.8 Å². The maximum absolute atomic E-state index is 9.98. The Bertz CT molecular complexity index is 259. The van der Waals surface area contributed by atoms with E-state index in [2.05, 4.69) is 16.9 Å². The maximum atomic E-state index is 9.98. The van der Waals surface area contributed by atoms with Gasteiger partial charge in [-0.3, -0.25) is 10.3 Å². The molecule has 2 heterocycles. The molecule has 1 N–H and O–H groups in total. The summed E-state index contributed by atoms with van der Waals surface area (Å²) >= 11 is 0. The van der Waals surface area contributed by atoms with Crippen LogP contribution in [0.5, 0.6) is 0 Å². The van der Waals surface area contributed by atoms with Crippen molar-refractivity contribution in [3.63, 3.8) is 0 Å². The second kappa shape index (κ2) is 4.94. The molecule has 0 aromatic carbocycles. The van der Waals surface area contributed by atoms with Gasteiger partial charge in [-0.05, 0) is 6.42 Å². The Kier molecular flexibility index (Phi) is 3.86. The number of likely N-dealkylation sites (tertiary alicyclic amines) is 1. The summed E-state index contributed by atoms with van der Waals surface area (Å²) in [5, 5.41) is 11.5. The van der Waals surface area contributed by atoms with Crippen LogP contribution < -0.4 is 5.43 Å². The van der Waals surface area contributed by atoms with Crippen LogP contribution in [0.2, 0.25) is 0 Å². The molecule has 0 aromatic heterocycles. The van der Waals surface area contributed by atoms with Crippen molar-refractivity contribution in [1.82, 2.24) is 10.3 Å². The summed E-state index contributed by atoms with van der Waals surface area (Å²) in [5.74, 6) is 0. The fourth-order valence-corrected chi connectivity index (χ4v) is 1.97. The van der Waals surface area contributed by atoms with E-state index in [1.165, 1.54) is 0 Å². The first-order valence-corrected chi connectivity index (χ1v) is 5.14. The molecule has 6 heteroatoms. The molecular formula is C9H16N4O2. The van der Waals surface area contributed by atoms with E-state index >= 15 is 0 Å². The van der Waals surface area contributed by atoms with Gasteiger partial charge in [0.15, 0.2) is 6.19 Å². The summed E-state index contributed by atoms with van der Waals surface area (Å²) in [5.41, 5.74) is 2.30. The third kappa shape index (κ3) is 2.02. The van der Waals surface area contributed by atoms with Crippen LogP contribution in [0.4, 0.5) is 0 Å². The topological polar surface area (TPSA) is 77.7 Å². The minimum atomic E-state index is -0.156. The van der Waals surface area contributed by atoms with Crippen molar-refractivity contribution in [3.05, 3.63) is 4.91 Å². The standard InChI is InChI=1S/C7H10N4O2.C2H6/c8-5-11-2-6(9-10-12)1-7(11)3-13-4-7;1-2/h6H,1-4H2,(H,9,12);1-2H3. The minimum Gasteiger partial charge on any atom is -0.376 e. The number of nitrogens with one attached hydrogen (secondary N) is 1. The van der Waals surface area contributed by atoms with Crippen LogP contribution in [0.15, 0.2) is 5.29 Å². The number of nitriles is 1. The highest BCUT2D eigenvalue weighted by Gasteiger charge is 2.51. The first kappa shape index (κ1) is 11.7. The van der Waals surface area contributed by atoms with Crippen molar-refractivity contribution in [2.75, 3.05) is 19.8 Å². The molecule has 2 aliphatic rings. The Morgan fingerprint density at radius 2 is 2.27 bits per heavy atom. The van der Waals surface area contributed by atoms with Gasteiger partial charge in [-0.2, -0.15) is 5.26 Å². The number of hydrogen-bond acceptors (Lipinski definition) is 5. The molecule has 2 aliphatic heterocycles. The Balaban J connectivity index is 0.000000531. The predicted octanol–water partition coefficient (Wildman–Crippen LogP) is 0.608. The first-order chi connectivity index (χ1) is 7.30. The van der Waals surface area contributed by atoms with Crippen molar-refractivity contribution in [1.29, 1.82) is 5.26 Å². The molecular weight excluding hydrogens is 196 g/mol. The summed E-state index contributed by atoms with van der Waals surface area (Å²) in [7, 11) is 0. The second-order valence-electron chi connectivity index (χ2n) is 3.55. The minimum absolute atomic E-state index is 0.0129. The van der Waals surface area contributed by atoms with Crippen molar-refractivity contribution in [3.8, 4) is 6.19 Å². The molecule has 0 amide bonds. The molecule has 84 valence electrons. The zero-order valence-electron chi connectivity index (χ0n) is 9.06. The molecule has 0 aromatic rings. The van der Waals surface area contributed by atoms with E-state index in [0.717, 1.165) is 6.42 Å². The van der Waals surface area contributed by atoms with Crippen LogP contribution in [0.3, 0.4) is 0 Å². The van der Waals surface area contributed by atoms with Gasteiger partial charge in [0.1, 0.15) is 0 Å². The summed E-state index contributed by atoms with van der Waals surface area (Å²) in [6.07, 6.45) is 2.87. The number of rotatable bonds is 2. The van der Waals surface area contributed by atoms with Crippen LogP contribution in [0, 0.1) is 16.4 Å².